The number of ether oxygens (including phenoxy) is 3. The fourth-order valence-electron chi connectivity index (χ4n) is 3.92. The van der Waals surface area contributed by atoms with Gasteiger partial charge in [-0.25, -0.2) is 0 Å². The van der Waals surface area contributed by atoms with Crippen molar-refractivity contribution < 1.29 is 24.4 Å². The van der Waals surface area contributed by atoms with Crippen molar-refractivity contribution in [1.82, 2.24) is 14.1 Å². The maximum Gasteiger partial charge on any atom is 0.302 e. The molecule has 9 heteroatoms. The molecule has 0 radical (unpaired) electrons. The molecule has 2 N–H and O–H groups in total. The van der Waals surface area contributed by atoms with Crippen LogP contribution in [0.25, 0.3) is 0 Å². The Morgan fingerprint density at radius 2 is 2.25 bits per heavy atom. The van der Waals surface area contributed by atoms with Gasteiger partial charge in [-0.15, -0.1) is 0 Å². The molecule has 0 saturated carbocycles. The molecule has 0 bridgehead atoms. The van der Waals surface area contributed by atoms with E-state index < -0.39 is 18.4 Å². The Hall–Kier alpha value is -2.20. The van der Waals surface area contributed by atoms with E-state index in [1.54, 1.807) is 24.8 Å². The molecule has 4 rings (SSSR count). The molecular formula is C19H25N3O6. The largest absolute Gasteiger partial charge is 0.455 e. The summed E-state index contributed by atoms with van der Waals surface area (Å²) < 4.78 is 21.0. The van der Waals surface area contributed by atoms with Crippen LogP contribution in [-0.4, -0.2) is 50.3 Å². The Kier molecular flexibility index (Phi) is 5.24. The van der Waals surface area contributed by atoms with Crippen molar-refractivity contribution >= 4 is 0 Å². The van der Waals surface area contributed by atoms with Gasteiger partial charge in [0, 0.05) is 50.0 Å². The smallest absolute Gasteiger partial charge is 0.302 e. The molecule has 0 amide bonds. The Labute approximate surface area is 162 Å². The van der Waals surface area contributed by atoms with Crippen molar-refractivity contribution in [1.29, 1.82) is 0 Å². The molecule has 4 heterocycles. The van der Waals surface area contributed by atoms with Crippen LogP contribution >= 0.6 is 0 Å². The lowest BCUT2D eigenvalue weighted by Crippen LogP contribution is -2.25. The molecule has 1 fully saturated rings. The molecule has 28 heavy (non-hydrogen) atoms. The predicted octanol–water partition coefficient (Wildman–Crippen LogP) is 0.664. The molecule has 4 atom stereocenters. The predicted molar refractivity (Wildman–Crippen MR) is 98.0 cm³/mol. The van der Waals surface area contributed by atoms with Crippen LogP contribution in [-0.2, 0) is 22.6 Å². The van der Waals surface area contributed by atoms with Gasteiger partial charge in [0.1, 0.15) is 18.4 Å². The molecule has 2 aliphatic heterocycles. The van der Waals surface area contributed by atoms with Crippen LogP contribution in [0.4, 0.5) is 0 Å². The quantitative estimate of drug-likeness (QED) is 0.745. The average Bonchev–Trinajstić information content (AvgIpc) is 3.35. The van der Waals surface area contributed by atoms with Crippen LogP contribution in [0.5, 0.6) is 6.01 Å². The maximum absolute atomic E-state index is 12.2. The number of fused-ring (bicyclic) bond motifs is 1. The SMILES string of the molecule is COCc1ccn2c1[C@@H](Oc1nc(=O)c(C)cn1[C@H]1C[C@H](O)[C@@H](CO)O1)CC2. The van der Waals surface area contributed by atoms with Gasteiger partial charge in [-0.05, 0) is 13.0 Å². The number of hydrogen-bond donors (Lipinski definition) is 2. The molecule has 0 aromatic carbocycles. The van der Waals surface area contributed by atoms with Gasteiger partial charge >= 0.3 is 6.01 Å². The number of rotatable bonds is 6. The summed E-state index contributed by atoms with van der Waals surface area (Å²) in [6.45, 7) is 2.68. The second-order valence-corrected chi connectivity index (χ2v) is 7.28. The van der Waals surface area contributed by atoms with E-state index in [0.29, 0.717) is 12.2 Å². The van der Waals surface area contributed by atoms with Gasteiger partial charge in [-0.2, -0.15) is 4.98 Å². The molecule has 1 saturated heterocycles. The fraction of sp³-hybridized carbons (Fsp3) is 0.579. The van der Waals surface area contributed by atoms with E-state index in [1.807, 2.05) is 12.3 Å². The minimum absolute atomic E-state index is 0.148. The van der Waals surface area contributed by atoms with Gasteiger partial charge in [-0.1, -0.05) is 0 Å². The summed E-state index contributed by atoms with van der Waals surface area (Å²) in [6, 6.07) is 2.15. The van der Waals surface area contributed by atoms with E-state index in [-0.39, 0.29) is 30.7 Å². The number of hydrogen-bond acceptors (Lipinski definition) is 7. The first kappa shape index (κ1) is 19.1. The van der Waals surface area contributed by atoms with Crippen LogP contribution in [0.1, 0.15) is 42.0 Å². The normalized spacial score (nSPS) is 26.6. The van der Waals surface area contributed by atoms with Crippen molar-refractivity contribution in [3.05, 3.63) is 45.6 Å². The fourth-order valence-corrected chi connectivity index (χ4v) is 3.92. The highest BCUT2D eigenvalue weighted by molar-refractivity contribution is 5.27. The maximum atomic E-state index is 12.2. The highest BCUT2D eigenvalue weighted by Gasteiger charge is 2.36. The molecule has 0 spiro atoms. The Morgan fingerprint density at radius 1 is 1.43 bits per heavy atom. The van der Waals surface area contributed by atoms with E-state index in [2.05, 4.69) is 9.55 Å². The lowest BCUT2D eigenvalue weighted by atomic mass is 10.1. The summed E-state index contributed by atoms with van der Waals surface area (Å²) in [5.74, 6) is 0. The van der Waals surface area contributed by atoms with Gasteiger partial charge in [0.2, 0.25) is 0 Å². The summed E-state index contributed by atoms with van der Waals surface area (Å²) in [6.07, 6.45) is 2.37. The van der Waals surface area contributed by atoms with Gasteiger partial charge in [0.25, 0.3) is 5.56 Å². The summed E-state index contributed by atoms with van der Waals surface area (Å²) in [4.78, 5) is 16.3. The van der Waals surface area contributed by atoms with Crippen LogP contribution in [0.2, 0.25) is 0 Å². The Morgan fingerprint density at radius 3 is 2.96 bits per heavy atom. The van der Waals surface area contributed by atoms with Crippen LogP contribution in [0, 0.1) is 6.92 Å². The van der Waals surface area contributed by atoms with Crippen molar-refractivity contribution in [3.63, 3.8) is 0 Å². The topological polar surface area (TPSA) is 108 Å². The number of aliphatic hydroxyl groups excluding tert-OH is 2. The van der Waals surface area contributed by atoms with Crippen LogP contribution in [0.15, 0.2) is 23.3 Å². The molecule has 9 nitrogen and oxygen atoms in total. The van der Waals surface area contributed by atoms with Crippen molar-refractivity contribution in [3.8, 4) is 6.01 Å². The number of aryl methyl sites for hydroxylation is 2. The van der Waals surface area contributed by atoms with Gasteiger partial charge in [-0.3, -0.25) is 9.36 Å². The van der Waals surface area contributed by atoms with Crippen molar-refractivity contribution in [2.75, 3.05) is 13.7 Å². The molecular weight excluding hydrogens is 366 g/mol. The summed E-state index contributed by atoms with van der Waals surface area (Å²) in [5, 5.41) is 19.4. The molecule has 2 aliphatic rings. The summed E-state index contributed by atoms with van der Waals surface area (Å²) >= 11 is 0. The molecule has 0 aliphatic carbocycles. The minimum Gasteiger partial charge on any atom is -0.455 e. The lowest BCUT2D eigenvalue weighted by molar-refractivity contribution is -0.0485. The van der Waals surface area contributed by atoms with Gasteiger partial charge in [0.05, 0.1) is 25.0 Å². The third kappa shape index (κ3) is 3.35. The molecule has 2 aromatic rings. The zero-order valence-electron chi connectivity index (χ0n) is 15.9. The van der Waals surface area contributed by atoms with Crippen LogP contribution < -0.4 is 10.3 Å². The highest BCUT2D eigenvalue weighted by atomic mass is 16.6. The molecule has 2 aromatic heterocycles. The van der Waals surface area contributed by atoms with Gasteiger partial charge in [0.15, 0.2) is 0 Å². The molecule has 0 unspecified atom stereocenters. The van der Waals surface area contributed by atoms with E-state index in [0.717, 1.165) is 24.2 Å². The van der Waals surface area contributed by atoms with E-state index in [4.69, 9.17) is 14.2 Å². The van der Waals surface area contributed by atoms with Crippen molar-refractivity contribution in [2.24, 2.45) is 0 Å². The number of aliphatic hydroxyl groups is 2. The van der Waals surface area contributed by atoms with Gasteiger partial charge < -0.3 is 29.0 Å². The standard InChI is InChI=1S/C19H25N3O6/c1-11-8-22(16-7-13(24)15(9-23)27-16)19(20-18(11)25)28-14-4-6-21-5-3-12(10-26-2)17(14)21/h3,5,8,13-16,23-24H,4,6-7,9-10H2,1-2H3/t13-,14-,15+,16+/m0/s1. The zero-order chi connectivity index (χ0) is 19.8. The first-order valence-corrected chi connectivity index (χ1v) is 9.39. The average molecular weight is 391 g/mol. The monoisotopic (exact) mass is 391 g/mol. The second-order valence-electron chi connectivity index (χ2n) is 7.28. The lowest BCUT2D eigenvalue weighted by Gasteiger charge is -2.22. The first-order chi connectivity index (χ1) is 13.5. The molecule has 152 valence electrons. The van der Waals surface area contributed by atoms with Crippen LogP contribution in [0.3, 0.4) is 0 Å². The third-order valence-electron chi connectivity index (χ3n) is 5.36. The minimum atomic E-state index is -0.792. The number of aromatic nitrogens is 3. The Balaban J connectivity index is 1.65. The Bertz CT molecular complexity index is 908. The second kappa shape index (κ2) is 7.67. The zero-order valence-corrected chi connectivity index (χ0v) is 15.9. The highest BCUT2D eigenvalue weighted by Crippen LogP contribution is 2.36. The number of methoxy groups -OCH3 is 1. The summed E-state index contributed by atoms with van der Waals surface area (Å²) in [7, 11) is 1.65. The number of nitrogens with zero attached hydrogens (tertiary/aromatic N) is 3. The van der Waals surface area contributed by atoms with E-state index >= 15 is 0 Å². The van der Waals surface area contributed by atoms with Crippen molar-refractivity contribution in [2.45, 2.75) is 57.5 Å². The third-order valence-corrected chi connectivity index (χ3v) is 5.36. The summed E-state index contributed by atoms with van der Waals surface area (Å²) in [5.41, 5.74) is 2.14. The van der Waals surface area contributed by atoms with E-state index in [1.165, 1.54) is 0 Å². The first-order valence-electron chi connectivity index (χ1n) is 9.39. The van der Waals surface area contributed by atoms with E-state index in [9.17, 15) is 15.0 Å².